The van der Waals surface area contributed by atoms with Gasteiger partial charge in [-0.1, -0.05) is 0 Å². The van der Waals surface area contributed by atoms with E-state index in [1.54, 1.807) is 24.3 Å². The smallest absolute Gasteiger partial charge is 0.144 e. The molecule has 1 aromatic carbocycles. The van der Waals surface area contributed by atoms with Crippen LogP contribution in [0, 0.1) is 18.3 Å². The minimum atomic E-state index is 0.328. The standard InChI is InChI=1S/C13H11N3O/c1-9-6-11(2-3-13(9)15)17-12-4-5-16-10(7-12)8-14/h2-7H,15H2,1H3. The maximum Gasteiger partial charge on any atom is 0.144 e. The maximum absolute atomic E-state index is 8.72. The Balaban J connectivity index is 2.25. The first-order valence-electron chi connectivity index (χ1n) is 5.09. The van der Waals surface area contributed by atoms with Crippen LogP contribution < -0.4 is 10.5 Å². The molecular weight excluding hydrogens is 214 g/mol. The van der Waals surface area contributed by atoms with E-state index >= 15 is 0 Å². The molecular formula is C13H11N3O. The number of anilines is 1. The highest BCUT2D eigenvalue weighted by molar-refractivity contribution is 5.50. The van der Waals surface area contributed by atoms with Crippen LogP contribution in [0.15, 0.2) is 36.5 Å². The summed E-state index contributed by atoms with van der Waals surface area (Å²) in [7, 11) is 0. The third-order valence-corrected chi connectivity index (χ3v) is 2.32. The molecule has 2 N–H and O–H groups in total. The molecule has 0 atom stereocenters. The zero-order valence-electron chi connectivity index (χ0n) is 9.34. The second kappa shape index (κ2) is 4.54. The van der Waals surface area contributed by atoms with E-state index in [4.69, 9.17) is 15.7 Å². The first-order chi connectivity index (χ1) is 8.19. The molecule has 1 aromatic heterocycles. The van der Waals surface area contributed by atoms with E-state index in [0.717, 1.165) is 11.3 Å². The van der Waals surface area contributed by atoms with Gasteiger partial charge in [-0.2, -0.15) is 5.26 Å². The first-order valence-corrected chi connectivity index (χ1v) is 5.09. The summed E-state index contributed by atoms with van der Waals surface area (Å²) in [5, 5.41) is 8.72. The number of benzene rings is 1. The molecule has 0 aliphatic rings. The van der Waals surface area contributed by atoms with Crippen LogP contribution in [0.5, 0.6) is 11.5 Å². The van der Waals surface area contributed by atoms with E-state index < -0.39 is 0 Å². The zero-order valence-corrected chi connectivity index (χ0v) is 9.34. The monoisotopic (exact) mass is 225 g/mol. The van der Waals surface area contributed by atoms with Crippen molar-refractivity contribution in [3.8, 4) is 17.6 Å². The van der Waals surface area contributed by atoms with Crippen LogP contribution in [-0.2, 0) is 0 Å². The molecule has 2 rings (SSSR count). The second-order valence-corrected chi connectivity index (χ2v) is 3.61. The lowest BCUT2D eigenvalue weighted by Crippen LogP contribution is -1.91. The molecule has 4 heteroatoms. The van der Waals surface area contributed by atoms with Crippen LogP contribution in [-0.4, -0.2) is 4.98 Å². The SMILES string of the molecule is Cc1cc(Oc2ccnc(C#N)c2)ccc1N. The quantitative estimate of drug-likeness (QED) is 0.797. The van der Waals surface area contributed by atoms with Crippen molar-refractivity contribution < 1.29 is 4.74 Å². The summed E-state index contributed by atoms with van der Waals surface area (Å²) in [5.41, 5.74) is 7.73. The van der Waals surface area contributed by atoms with Crippen molar-refractivity contribution in [2.24, 2.45) is 0 Å². The number of hydrogen-bond acceptors (Lipinski definition) is 4. The molecule has 0 radical (unpaired) electrons. The molecule has 0 amide bonds. The number of hydrogen-bond donors (Lipinski definition) is 1. The minimum absolute atomic E-state index is 0.328. The number of rotatable bonds is 2. The average molecular weight is 225 g/mol. The topological polar surface area (TPSA) is 71.9 Å². The Morgan fingerprint density at radius 1 is 1.24 bits per heavy atom. The van der Waals surface area contributed by atoms with Gasteiger partial charge in [-0.25, -0.2) is 4.98 Å². The van der Waals surface area contributed by atoms with Gasteiger partial charge in [0.25, 0.3) is 0 Å². The number of nitrogen functional groups attached to an aromatic ring is 1. The summed E-state index contributed by atoms with van der Waals surface area (Å²) >= 11 is 0. The predicted octanol–water partition coefficient (Wildman–Crippen LogP) is 2.64. The fourth-order valence-electron chi connectivity index (χ4n) is 1.38. The van der Waals surface area contributed by atoms with Crippen molar-refractivity contribution in [2.45, 2.75) is 6.92 Å². The Labute approximate surface area is 99.3 Å². The molecule has 4 nitrogen and oxygen atoms in total. The summed E-state index contributed by atoms with van der Waals surface area (Å²) in [6, 6.07) is 10.7. The third kappa shape index (κ3) is 2.52. The van der Waals surface area contributed by atoms with Crippen LogP contribution in [0.1, 0.15) is 11.3 Å². The average Bonchev–Trinajstić information content (AvgIpc) is 2.34. The number of aromatic nitrogens is 1. The van der Waals surface area contributed by atoms with Crippen LogP contribution in [0.4, 0.5) is 5.69 Å². The van der Waals surface area contributed by atoms with Crippen molar-refractivity contribution in [3.63, 3.8) is 0 Å². The van der Waals surface area contributed by atoms with Gasteiger partial charge in [0.2, 0.25) is 0 Å². The molecule has 2 aromatic rings. The molecule has 0 aliphatic carbocycles. The van der Waals surface area contributed by atoms with Gasteiger partial charge in [-0.3, -0.25) is 0 Å². The molecule has 1 heterocycles. The molecule has 84 valence electrons. The molecule has 0 unspecified atom stereocenters. The first kappa shape index (κ1) is 11.0. The molecule has 0 saturated carbocycles. The normalized spacial score (nSPS) is 9.65. The van der Waals surface area contributed by atoms with Crippen LogP contribution >= 0.6 is 0 Å². The Bertz CT molecular complexity index is 587. The van der Waals surface area contributed by atoms with Gasteiger partial charge in [0.1, 0.15) is 23.3 Å². The van der Waals surface area contributed by atoms with Crippen molar-refractivity contribution in [1.82, 2.24) is 4.98 Å². The zero-order chi connectivity index (χ0) is 12.3. The van der Waals surface area contributed by atoms with E-state index in [1.165, 1.54) is 6.20 Å². The van der Waals surface area contributed by atoms with Crippen molar-refractivity contribution in [3.05, 3.63) is 47.8 Å². The highest BCUT2D eigenvalue weighted by Crippen LogP contribution is 2.24. The summed E-state index contributed by atoms with van der Waals surface area (Å²) in [6.45, 7) is 1.91. The Kier molecular flexibility index (Phi) is 2.93. The van der Waals surface area contributed by atoms with Gasteiger partial charge in [0.05, 0.1) is 0 Å². The summed E-state index contributed by atoms with van der Waals surface area (Å²) in [6.07, 6.45) is 1.54. The fraction of sp³-hybridized carbons (Fsp3) is 0.0769. The van der Waals surface area contributed by atoms with Crippen LogP contribution in [0.3, 0.4) is 0 Å². The lowest BCUT2D eigenvalue weighted by Gasteiger charge is -2.07. The Morgan fingerprint density at radius 3 is 2.71 bits per heavy atom. The van der Waals surface area contributed by atoms with Crippen LogP contribution in [0.25, 0.3) is 0 Å². The van der Waals surface area contributed by atoms with E-state index in [2.05, 4.69) is 4.98 Å². The number of pyridine rings is 1. The molecule has 0 saturated heterocycles. The number of nitrogens with two attached hydrogens (primary N) is 1. The minimum Gasteiger partial charge on any atom is -0.457 e. The van der Waals surface area contributed by atoms with Gasteiger partial charge in [-0.15, -0.1) is 0 Å². The van der Waals surface area contributed by atoms with Crippen molar-refractivity contribution >= 4 is 5.69 Å². The molecule has 0 aliphatic heterocycles. The van der Waals surface area contributed by atoms with Gasteiger partial charge in [0, 0.05) is 18.0 Å². The van der Waals surface area contributed by atoms with Crippen molar-refractivity contribution in [1.29, 1.82) is 5.26 Å². The Hall–Kier alpha value is -2.54. The van der Waals surface area contributed by atoms with Gasteiger partial charge in [-0.05, 0) is 36.8 Å². The van der Waals surface area contributed by atoms with Gasteiger partial charge < -0.3 is 10.5 Å². The third-order valence-electron chi connectivity index (χ3n) is 2.32. The number of nitriles is 1. The second-order valence-electron chi connectivity index (χ2n) is 3.61. The number of ether oxygens (including phenoxy) is 1. The maximum atomic E-state index is 8.72. The van der Waals surface area contributed by atoms with E-state index in [1.807, 2.05) is 19.1 Å². The number of aryl methyl sites for hydroxylation is 1. The summed E-state index contributed by atoms with van der Waals surface area (Å²) in [4.78, 5) is 3.87. The van der Waals surface area contributed by atoms with Crippen molar-refractivity contribution in [2.75, 3.05) is 5.73 Å². The lowest BCUT2D eigenvalue weighted by atomic mass is 10.2. The molecule has 17 heavy (non-hydrogen) atoms. The summed E-state index contributed by atoms with van der Waals surface area (Å²) < 4.78 is 5.61. The number of nitrogens with zero attached hydrogens (tertiary/aromatic N) is 2. The van der Waals surface area contributed by atoms with E-state index in [9.17, 15) is 0 Å². The summed E-state index contributed by atoms with van der Waals surface area (Å²) in [5.74, 6) is 1.27. The van der Waals surface area contributed by atoms with Gasteiger partial charge in [0.15, 0.2) is 0 Å². The highest BCUT2D eigenvalue weighted by Gasteiger charge is 2.01. The molecule has 0 bridgehead atoms. The van der Waals surface area contributed by atoms with E-state index in [0.29, 0.717) is 17.2 Å². The van der Waals surface area contributed by atoms with Crippen LogP contribution in [0.2, 0.25) is 0 Å². The molecule has 0 spiro atoms. The fourth-order valence-corrected chi connectivity index (χ4v) is 1.38. The highest BCUT2D eigenvalue weighted by atomic mass is 16.5. The largest absolute Gasteiger partial charge is 0.457 e. The van der Waals surface area contributed by atoms with E-state index in [-0.39, 0.29) is 0 Å². The predicted molar refractivity (Wildman–Crippen MR) is 64.6 cm³/mol. The molecule has 0 fully saturated rings. The lowest BCUT2D eigenvalue weighted by molar-refractivity contribution is 0.481. The van der Waals surface area contributed by atoms with Gasteiger partial charge >= 0.3 is 0 Å². The Morgan fingerprint density at radius 2 is 2.00 bits per heavy atom.